The van der Waals surface area contributed by atoms with Crippen molar-refractivity contribution in [1.82, 2.24) is 5.32 Å². The highest BCUT2D eigenvalue weighted by molar-refractivity contribution is 7.80. The van der Waals surface area contributed by atoms with Crippen molar-refractivity contribution in [1.29, 1.82) is 0 Å². The monoisotopic (exact) mass is 374 g/mol. The highest BCUT2D eigenvalue weighted by Gasteiger charge is 2.10. The quantitative estimate of drug-likeness (QED) is 0.599. The Morgan fingerprint density at radius 2 is 1.91 bits per heavy atom. The maximum atomic E-state index is 11.7. The van der Waals surface area contributed by atoms with Gasteiger partial charge in [-0.1, -0.05) is 34.8 Å². The molecule has 0 aliphatic heterocycles. The summed E-state index contributed by atoms with van der Waals surface area (Å²) in [6, 6.07) is 6.46. The molecule has 1 amide bonds. The van der Waals surface area contributed by atoms with Crippen LogP contribution in [0.25, 0.3) is 6.08 Å². The largest absolute Gasteiger partial charge is 0.465 e. The van der Waals surface area contributed by atoms with Crippen molar-refractivity contribution in [3.05, 3.63) is 57.4 Å². The highest BCUT2D eigenvalue weighted by atomic mass is 35.5. The Hall–Kier alpha value is -1.53. The number of furan rings is 1. The molecule has 1 aromatic heterocycles. The lowest BCUT2D eigenvalue weighted by atomic mass is 10.3. The van der Waals surface area contributed by atoms with Gasteiger partial charge < -0.3 is 9.73 Å². The summed E-state index contributed by atoms with van der Waals surface area (Å²) in [5, 5.41) is 6.25. The standard InChI is InChI=1S/C14H9Cl3N2O2S/c15-8-6-10(16)13(11(17)7-8)19-14(22)18-12(20)4-3-9-2-1-5-21-9/h1-7H,(H2,18,19,20,22)/b4-3+. The smallest absolute Gasteiger partial charge is 0.250 e. The van der Waals surface area contributed by atoms with Gasteiger partial charge in [0, 0.05) is 11.1 Å². The van der Waals surface area contributed by atoms with Crippen LogP contribution < -0.4 is 10.6 Å². The van der Waals surface area contributed by atoms with Gasteiger partial charge in [-0.15, -0.1) is 0 Å². The molecule has 2 aromatic rings. The van der Waals surface area contributed by atoms with Crippen LogP contribution in [0.1, 0.15) is 5.76 Å². The molecule has 0 aliphatic rings. The number of benzene rings is 1. The number of hydrogen-bond donors (Lipinski definition) is 2. The van der Waals surface area contributed by atoms with Gasteiger partial charge in [0.2, 0.25) is 5.91 Å². The summed E-state index contributed by atoms with van der Waals surface area (Å²) in [5.41, 5.74) is 0.369. The summed E-state index contributed by atoms with van der Waals surface area (Å²) in [7, 11) is 0. The Morgan fingerprint density at radius 1 is 1.23 bits per heavy atom. The molecule has 0 unspecified atom stereocenters. The Morgan fingerprint density at radius 3 is 2.50 bits per heavy atom. The molecule has 2 rings (SSSR count). The molecule has 0 saturated carbocycles. The molecule has 4 nitrogen and oxygen atoms in total. The van der Waals surface area contributed by atoms with Crippen LogP contribution in [0.3, 0.4) is 0 Å². The molecule has 0 spiro atoms. The molecular formula is C14H9Cl3N2O2S. The van der Waals surface area contributed by atoms with E-state index in [4.69, 9.17) is 51.4 Å². The van der Waals surface area contributed by atoms with E-state index in [0.29, 0.717) is 26.5 Å². The zero-order valence-corrected chi connectivity index (χ0v) is 14.0. The number of anilines is 1. The lowest BCUT2D eigenvalue weighted by Gasteiger charge is -2.11. The van der Waals surface area contributed by atoms with E-state index in [2.05, 4.69) is 10.6 Å². The predicted molar refractivity (Wildman–Crippen MR) is 93.6 cm³/mol. The number of rotatable bonds is 3. The van der Waals surface area contributed by atoms with E-state index in [1.165, 1.54) is 30.5 Å². The zero-order valence-electron chi connectivity index (χ0n) is 10.9. The van der Waals surface area contributed by atoms with Gasteiger partial charge >= 0.3 is 0 Å². The van der Waals surface area contributed by atoms with E-state index in [1.54, 1.807) is 12.1 Å². The number of hydrogen-bond acceptors (Lipinski definition) is 3. The Labute approximate surface area is 147 Å². The number of amides is 1. The van der Waals surface area contributed by atoms with Crippen molar-refractivity contribution in [3.8, 4) is 0 Å². The highest BCUT2D eigenvalue weighted by Crippen LogP contribution is 2.33. The summed E-state index contributed by atoms with van der Waals surface area (Å²) in [4.78, 5) is 11.7. The Balaban J connectivity index is 1.97. The van der Waals surface area contributed by atoms with E-state index in [-0.39, 0.29) is 5.11 Å². The second-order valence-electron chi connectivity index (χ2n) is 4.04. The summed E-state index contributed by atoms with van der Waals surface area (Å²) in [6.07, 6.45) is 4.31. The minimum absolute atomic E-state index is 0.0558. The molecule has 0 atom stereocenters. The summed E-state index contributed by atoms with van der Waals surface area (Å²) < 4.78 is 5.06. The molecule has 2 N–H and O–H groups in total. The maximum Gasteiger partial charge on any atom is 0.250 e. The van der Waals surface area contributed by atoms with E-state index in [1.807, 2.05) is 0 Å². The number of halogens is 3. The Kier molecular flexibility index (Phi) is 5.85. The van der Waals surface area contributed by atoms with Crippen molar-refractivity contribution in [2.24, 2.45) is 0 Å². The summed E-state index contributed by atoms with van der Waals surface area (Å²) >= 11 is 22.9. The van der Waals surface area contributed by atoms with Crippen LogP contribution >= 0.6 is 47.0 Å². The maximum absolute atomic E-state index is 11.7. The lowest BCUT2D eigenvalue weighted by Crippen LogP contribution is -2.33. The molecule has 0 bridgehead atoms. The van der Waals surface area contributed by atoms with Crippen LogP contribution in [-0.4, -0.2) is 11.0 Å². The fraction of sp³-hybridized carbons (Fsp3) is 0. The van der Waals surface area contributed by atoms with Gasteiger partial charge in [-0.25, -0.2) is 0 Å². The van der Waals surface area contributed by atoms with E-state index in [0.717, 1.165) is 0 Å². The zero-order chi connectivity index (χ0) is 16.1. The second-order valence-corrected chi connectivity index (χ2v) is 5.70. The third-order valence-electron chi connectivity index (χ3n) is 2.42. The first kappa shape index (κ1) is 16.8. The van der Waals surface area contributed by atoms with Crippen LogP contribution in [0.5, 0.6) is 0 Å². The van der Waals surface area contributed by atoms with Crippen LogP contribution in [0.2, 0.25) is 15.1 Å². The molecule has 114 valence electrons. The first-order chi connectivity index (χ1) is 10.5. The topological polar surface area (TPSA) is 54.3 Å². The average molecular weight is 376 g/mol. The minimum atomic E-state index is -0.421. The van der Waals surface area contributed by atoms with Gasteiger partial charge in [0.15, 0.2) is 5.11 Å². The molecule has 0 aliphatic carbocycles. The van der Waals surface area contributed by atoms with Crippen LogP contribution in [0, 0.1) is 0 Å². The van der Waals surface area contributed by atoms with Crippen molar-refractivity contribution in [3.63, 3.8) is 0 Å². The van der Waals surface area contributed by atoms with Crippen molar-refractivity contribution < 1.29 is 9.21 Å². The third kappa shape index (κ3) is 4.74. The van der Waals surface area contributed by atoms with Gasteiger partial charge in [-0.2, -0.15) is 0 Å². The van der Waals surface area contributed by atoms with Gasteiger partial charge in [-0.05, 0) is 42.6 Å². The fourth-order valence-corrected chi connectivity index (χ4v) is 2.62. The SMILES string of the molecule is O=C(/C=C/c1ccco1)NC(=S)Nc1c(Cl)cc(Cl)cc1Cl. The number of thiocarbonyl (C=S) groups is 1. The van der Waals surface area contributed by atoms with Crippen molar-refractivity contribution >= 4 is 69.8 Å². The molecular weight excluding hydrogens is 367 g/mol. The molecule has 0 fully saturated rings. The molecule has 8 heteroatoms. The third-order valence-corrected chi connectivity index (χ3v) is 3.44. The molecule has 0 radical (unpaired) electrons. The van der Waals surface area contributed by atoms with Crippen LogP contribution in [-0.2, 0) is 4.79 Å². The average Bonchev–Trinajstić information content (AvgIpc) is 2.94. The van der Waals surface area contributed by atoms with E-state index >= 15 is 0 Å². The number of carbonyl (C=O) groups is 1. The molecule has 1 aromatic carbocycles. The summed E-state index contributed by atoms with van der Waals surface area (Å²) in [5.74, 6) is 0.132. The number of carbonyl (C=O) groups excluding carboxylic acids is 1. The van der Waals surface area contributed by atoms with Crippen LogP contribution in [0.15, 0.2) is 41.0 Å². The lowest BCUT2D eigenvalue weighted by molar-refractivity contribution is -0.115. The Bertz CT molecular complexity index is 707. The van der Waals surface area contributed by atoms with Crippen molar-refractivity contribution in [2.45, 2.75) is 0 Å². The first-order valence-electron chi connectivity index (χ1n) is 5.94. The second kappa shape index (κ2) is 7.65. The number of nitrogens with one attached hydrogen (secondary N) is 2. The normalized spacial score (nSPS) is 10.7. The summed E-state index contributed by atoms with van der Waals surface area (Å²) in [6.45, 7) is 0. The van der Waals surface area contributed by atoms with E-state index < -0.39 is 5.91 Å². The minimum Gasteiger partial charge on any atom is -0.465 e. The molecule has 0 saturated heterocycles. The first-order valence-corrected chi connectivity index (χ1v) is 7.48. The van der Waals surface area contributed by atoms with E-state index in [9.17, 15) is 4.79 Å². The van der Waals surface area contributed by atoms with Crippen molar-refractivity contribution in [2.75, 3.05) is 5.32 Å². The van der Waals surface area contributed by atoms with Gasteiger partial charge in [0.1, 0.15) is 5.76 Å². The molecule has 22 heavy (non-hydrogen) atoms. The predicted octanol–water partition coefficient (Wildman–Crippen LogP) is 4.77. The van der Waals surface area contributed by atoms with Crippen LogP contribution in [0.4, 0.5) is 5.69 Å². The van der Waals surface area contributed by atoms with Gasteiger partial charge in [0.25, 0.3) is 0 Å². The van der Waals surface area contributed by atoms with Gasteiger partial charge in [-0.3, -0.25) is 10.1 Å². The molecule has 1 heterocycles. The van der Waals surface area contributed by atoms with Gasteiger partial charge in [0.05, 0.1) is 22.0 Å². The fourth-order valence-electron chi connectivity index (χ4n) is 1.50.